The SMILES string of the molecule is C.COCC(=O)Nc1cccc2c1C(=O)N([C@@H]1CCC(=O)NC1=O)C2=O. The van der Waals surface area contributed by atoms with Gasteiger partial charge in [-0.3, -0.25) is 34.2 Å². The van der Waals surface area contributed by atoms with Crippen LogP contribution in [0.25, 0.3) is 0 Å². The van der Waals surface area contributed by atoms with Crippen LogP contribution in [0, 0.1) is 0 Å². The van der Waals surface area contributed by atoms with Crippen LogP contribution in [0.4, 0.5) is 5.69 Å². The van der Waals surface area contributed by atoms with Crippen molar-refractivity contribution in [3.63, 3.8) is 0 Å². The normalized spacial score (nSPS) is 19.0. The highest BCUT2D eigenvalue weighted by molar-refractivity contribution is 6.26. The average Bonchev–Trinajstić information content (AvgIpc) is 2.81. The van der Waals surface area contributed by atoms with Crippen LogP contribution < -0.4 is 10.6 Å². The highest BCUT2D eigenvalue weighted by Crippen LogP contribution is 2.32. The Morgan fingerprint density at radius 1 is 1.27 bits per heavy atom. The van der Waals surface area contributed by atoms with Crippen molar-refractivity contribution >= 4 is 35.2 Å². The molecule has 1 aromatic rings. The van der Waals surface area contributed by atoms with Gasteiger partial charge in [0.1, 0.15) is 12.6 Å². The van der Waals surface area contributed by atoms with E-state index in [1.54, 1.807) is 0 Å². The van der Waals surface area contributed by atoms with E-state index in [1.807, 2.05) is 0 Å². The first kappa shape index (κ1) is 19.3. The Hall–Kier alpha value is -3.07. The summed E-state index contributed by atoms with van der Waals surface area (Å²) in [7, 11) is 1.36. The molecule has 0 spiro atoms. The van der Waals surface area contributed by atoms with Gasteiger partial charge in [0.2, 0.25) is 17.7 Å². The summed E-state index contributed by atoms with van der Waals surface area (Å²) in [4.78, 5) is 61.2. The van der Waals surface area contributed by atoms with E-state index in [1.165, 1.54) is 25.3 Å². The zero-order valence-electron chi connectivity index (χ0n) is 13.3. The van der Waals surface area contributed by atoms with Crippen LogP contribution in [-0.4, -0.2) is 54.2 Å². The third kappa shape index (κ3) is 3.21. The lowest BCUT2D eigenvalue weighted by Gasteiger charge is -2.27. The number of carbonyl (C=O) groups excluding carboxylic acids is 5. The molecule has 1 atom stereocenters. The maximum atomic E-state index is 12.8. The fourth-order valence-electron chi connectivity index (χ4n) is 2.94. The summed E-state index contributed by atoms with van der Waals surface area (Å²) in [6, 6.07) is 3.42. The number of benzene rings is 1. The summed E-state index contributed by atoms with van der Waals surface area (Å²) in [5, 5.41) is 4.65. The quantitative estimate of drug-likeness (QED) is 0.744. The van der Waals surface area contributed by atoms with E-state index in [0.29, 0.717) is 0 Å². The average molecular weight is 361 g/mol. The molecule has 2 aliphatic heterocycles. The molecule has 0 aromatic heterocycles. The van der Waals surface area contributed by atoms with Crippen molar-refractivity contribution < 1.29 is 28.7 Å². The standard InChI is InChI=1S/C16H15N3O6.CH4/c1-25-7-12(21)17-9-4-2-3-8-13(9)16(24)19(15(8)23)10-5-6-11(20)18-14(10)22;/h2-4,10H,5-7H2,1H3,(H,17,21)(H,18,20,22);1H4/t10-;/m1./s1. The summed E-state index contributed by atoms with van der Waals surface area (Å²) >= 11 is 0. The monoisotopic (exact) mass is 361 g/mol. The molecule has 2 N–H and O–H groups in total. The Kier molecular flexibility index (Phi) is 5.51. The van der Waals surface area contributed by atoms with E-state index in [0.717, 1.165) is 4.90 Å². The lowest BCUT2D eigenvalue weighted by molar-refractivity contribution is -0.136. The third-order valence-corrected chi connectivity index (χ3v) is 4.02. The van der Waals surface area contributed by atoms with E-state index in [2.05, 4.69) is 10.6 Å². The number of nitrogens with one attached hydrogen (secondary N) is 2. The van der Waals surface area contributed by atoms with Crippen LogP contribution >= 0.6 is 0 Å². The van der Waals surface area contributed by atoms with Crippen LogP contribution in [0.15, 0.2) is 18.2 Å². The Morgan fingerprint density at radius 3 is 2.65 bits per heavy atom. The summed E-state index contributed by atoms with van der Waals surface area (Å²) in [6.45, 7) is -0.206. The third-order valence-electron chi connectivity index (χ3n) is 4.02. The summed E-state index contributed by atoms with van der Waals surface area (Å²) in [5.74, 6) is -2.91. The molecule has 9 heteroatoms. The molecule has 0 saturated carbocycles. The van der Waals surface area contributed by atoms with Crippen molar-refractivity contribution in [1.82, 2.24) is 10.2 Å². The van der Waals surface area contributed by atoms with E-state index >= 15 is 0 Å². The minimum Gasteiger partial charge on any atom is -0.375 e. The van der Waals surface area contributed by atoms with Gasteiger partial charge in [-0.15, -0.1) is 0 Å². The van der Waals surface area contributed by atoms with E-state index in [-0.39, 0.29) is 43.7 Å². The lowest BCUT2D eigenvalue weighted by Crippen LogP contribution is -2.54. The topological polar surface area (TPSA) is 122 Å². The predicted octanol–water partition coefficient (Wildman–Crippen LogP) is 0.309. The second-order valence-electron chi connectivity index (χ2n) is 5.66. The molecule has 3 rings (SSSR count). The fraction of sp³-hybridized carbons (Fsp3) is 0.353. The van der Waals surface area contributed by atoms with Gasteiger partial charge in [0.25, 0.3) is 11.8 Å². The lowest BCUT2D eigenvalue weighted by atomic mass is 10.0. The maximum absolute atomic E-state index is 12.8. The molecule has 26 heavy (non-hydrogen) atoms. The van der Waals surface area contributed by atoms with Gasteiger partial charge in [-0.05, 0) is 18.6 Å². The van der Waals surface area contributed by atoms with Gasteiger partial charge >= 0.3 is 0 Å². The van der Waals surface area contributed by atoms with Crippen molar-refractivity contribution in [1.29, 1.82) is 0 Å². The molecular weight excluding hydrogens is 342 g/mol. The van der Waals surface area contributed by atoms with E-state index < -0.39 is 35.6 Å². The van der Waals surface area contributed by atoms with Crippen molar-refractivity contribution in [3.8, 4) is 0 Å². The number of ether oxygens (including phenoxy) is 1. The summed E-state index contributed by atoms with van der Waals surface area (Å²) in [6.07, 6.45) is 0.114. The number of methoxy groups -OCH3 is 1. The number of piperidine rings is 1. The van der Waals surface area contributed by atoms with Gasteiger partial charge in [0.15, 0.2) is 0 Å². The summed E-state index contributed by atoms with van der Waals surface area (Å²) < 4.78 is 4.72. The molecular formula is C17H19N3O6. The van der Waals surface area contributed by atoms with E-state index in [9.17, 15) is 24.0 Å². The molecule has 1 aromatic carbocycles. The van der Waals surface area contributed by atoms with Gasteiger partial charge in [-0.25, -0.2) is 0 Å². The first-order valence-electron chi connectivity index (χ1n) is 7.57. The Bertz CT molecular complexity index is 804. The molecule has 2 aliphatic rings. The van der Waals surface area contributed by atoms with Crippen molar-refractivity contribution in [2.24, 2.45) is 0 Å². The molecule has 1 saturated heterocycles. The van der Waals surface area contributed by atoms with Crippen LogP contribution in [0.3, 0.4) is 0 Å². The number of anilines is 1. The number of fused-ring (bicyclic) bond motifs is 1. The smallest absolute Gasteiger partial charge is 0.264 e. The fourth-order valence-corrected chi connectivity index (χ4v) is 2.94. The Morgan fingerprint density at radius 2 is 2.00 bits per heavy atom. The number of imide groups is 2. The minimum absolute atomic E-state index is 0. The zero-order valence-corrected chi connectivity index (χ0v) is 13.3. The molecule has 0 unspecified atom stereocenters. The molecule has 5 amide bonds. The Labute approximate surface area is 149 Å². The zero-order chi connectivity index (χ0) is 18.1. The van der Waals surface area contributed by atoms with Crippen molar-refractivity contribution in [3.05, 3.63) is 29.3 Å². The number of amides is 5. The van der Waals surface area contributed by atoms with Crippen molar-refractivity contribution in [2.75, 3.05) is 19.0 Å². The number of rotatable bonds is 4. The second-order valence-corrected chi connectivity index (χ2v) is 5.66. The molecule has 0 aliphatic carbocycles. The number of hydrogen-bond donors (Lipinski definition) is 2. The van der Waals surface area contributed by atoms with Crippen LogP contribution in [-0.2, 0) is 19.1 Å². The number of nitrogens with zero attached hydrogens (tertiary/aromatic N) is 1. The largest absolute Gasteiger partial charge is 0.375 e. The maximum Gasteiger partial charge on any atom is 0.264 e. The molecule has 138 valence electrons. The molecule has 9 nitrogen and oxygen atoms in total. The highest BCUT2D eigenvalue weighted by atomic mass is 16.5. The highest BCUT2D eigenvalue weighted by Gasteiger charge is 2.45. The van der Waals surface area contributed by atoms with Crippen LogP contribution in [0.5, 0.6) is 0 Å². The summed E-state index contributed by atoms with van der Waals surface area (Å²) in [5.41, 5.74) is 0.305. The van der Waals surface area contributed by atoms with Gasteiger partial charge in [-0.1, -0.05) is 13.5 Å². The molecule has 2 heterocycles. The molecule has 1 fully saturated rings. The first-order valence-corrected chi connectivity index (χ1v) is 7.57. The second kappa shape index (κ2) is 7.44. The predicted molar refractivity (Wildman–Crippen MR) is 90.4 cm³/mol. The van der Waals surface area contributed by atoms with E-state index in [4.69, 9.17) is 4.74 Å². The van der Waals surface area contributed by atoms with Gasteiger partial charge in [0, 0.05) is 13.5 Å². The Balaban J connectivity index is 0.00000243. The van der Waals surface area contributed by atoms with Gasteiger partial charge in [-0.2, -0.15) is 0 Å². The van der Waals surface area contributed by atoms with Crippen molar-refractivity contribution in [2.45, 2.75) is 26.3 Å². The molecule has 0 radical (unpaired) electrons. The van der Waals surface area contributed by atoms with Crippen LogP contribution in [0.2, 0.25) is 0 Å². The minimum atomic E-state index is -1.05. The van der Waals surface area contributed by atoms with Crippen LogP contribution in [0.1, 0.15) is 41.0 Å². The number of carbonyl (C=O) groups is 5. The number of hydrogen-bond acceptors (Lipinski definition) is 6. The first-order chi connectivity index (χ1) is 11.9. The van der Waals surface area contributed by atoms with Gasteiger partial charge < -0.3 is 10.1 Å². The molecule has 0 bridgehead atoms. The van der Waals surface area contributed by atoms with Gasteiger partial charge in [0.05, 0.1) is 16.8 Å².